The van der Waals surface area contributed by atoms with Crippen molar-refractivity contribution in [2.45, 2.75) is 38.6 Å². The zero-order valence-electron chi connectivity index (χ0n) is 17.7. The van der Waals surface area contributed by atoms with Crippen LogP contribution in [0.2, 0.25) is 0 Å². The molecule has 1 fully saturated rings. The monoisotopic (exact) mass is 423 g/mol. The normalized spacial score (nSPS) is 15.9. The van der Waals surface area contributed by atoms with Gasteiger partial charge in [-0.1, -0.05) is 26.0 Å². The lowest BCUT2D eigenvalue weighted by Crippen LogP contribution is -2.52. The molecule has 0 bridgehead atoms. The fraction of sp³-hybridized carbons (Fsp3) is 0.375. The number of aromatic nitrogens is 1. The third-order valence-electron chi connectivity index (χ3n) is 5.79. The van der Waals surface area contributed by atoms with Crippen molar-refractivity contribution in [2.24, 2.45) is 5.92 Å². The Hall–Kier alpha value is -3.22. The van der Waals surface area contributed by atoms with E-state index in [0.717, 1.165) is 29.8 Å². The molecule has 4 rings (SSSR count). The maximum Gasteiger partial charge on any atom is 0.251 e. The number of nitrogens with one attached hydrogen (secondary N) is 1. The maximum atomic E-state index is 13.2. The van der Waals surface area contributed by atoms with Crippen LogP contribution in [0.25, 0.3) is 11.1 Å². The number of hydrogen-bond acceptors (Lipinski definition) is 4. The number of fused-ring (bicyclic) bond motifs is 1. The fourth-order valence-electron chi connectivity index (χ4n) is 3.95. The Kier molecular flexibility index (Phi) is 6.02. The van der Waals surface area contributed by atoms with E-state index in [4.69, 9.17) is 4.42 Å². The number of rotatable bonds is 5. The Morgan fingerprint density at radius 3 is 2.42 bits per heavy atom. The SMILES string of the molecule is CC(C)[C@H](NC(=O)c1ccc(F)cc1)C(=O)N1CCC(c2nc3ccccc3o2)CC1. The van der Waals surface area contributed by atoms with E-state index >= 15 is 0 Å². The van der Waals surface area contributed by atoms with Gasteiger partial charge in [0.2, 0.25) is 5.91 Å². The van der Waals surface area contributed by atoms with E-state index < -0.39 is 11.9 Å². The lowest BCUT2D eigenvalue weighted by molar-refractivity contribution is -0.135. The first-order chi connectivity index (χ1) is 14.9. The van der Waals surface area contributed by atoms with E-state index in [0.29, 0.717) is 18.7 Å². The lowest BCUT2D eigenvalue weighted by Gasteiger charge is -2.34. The van der Waals surface area contributed by atoms with Crippen molar-refractivity contribution in [3.8, 4) is 0 Å². The highest BCUT2D eigenvalue weighted by Crippen LogP contribution is 2.30. The van der Waals surface area contributed by atoms with Crippen LogP contribution in [-0.4, -0.2) is 40.8 Å². The minimum Gasteiger partial charge on any atom is -0.440 e. The molecule has 0 aliphatic carbocycles. The van der Waals surface area contributed by atoms with Crippen molar-refractivity contribution < 1.29 is 18.4 Å². The molecular weight excluding hydrogens is 397 g/mol. The number of amides is 2. The smallest absolute Gasteiger partial charge is 0.251 e. The molecule has 3 aromatic rings. The molecule has 6 nitrogen and oxygen atoms in total. The second-order valence-electron chi connectivity index (χ2n) is 8.32. The van der Waals surface area contributed by atoms with Gasteiger partial charge in [-0.05, 0) is 55.2 Å². The Balaban J connectivity index is 1.39. The summed E-state index contributed by atoms with van der Waals surface area (Å²) in [5.41, 5.74) is 1.95. The summed E-state index contributed by atoms with van der Waals surface area (Å²) in [7, 11) is 0. The molecule has 2 aromatic carbocycles. The minimum absolute atomic E-state index is 0.0772. The van der Waals surface area contributed by atoms with Crippen LogP contribution in [0.4, 0.5) is 4.39 Å². The van der Waals surface area contributed by atoms with Crippen molar-refractivity contribution in [3.63, 3.8) is 0 Å². The van der Waals surface area contributed by atoms with Gasteiger partial charge in [-0.3, -0.25) is 9.59 Å². The average Bonchev–Trinajstić information content (AvgIpc) is 3.21. The molecule has 2 amide bonds. The van der Waals surface area contributed by atoms with Crippen LogP contribution in [0.15, 0.2) is 52.9 Å². The lowest BCUT2D eigenvalue weighted by atomic mass is 9.95. The summed E-state index contributed by atoms with van der Waals surface area (Å²) in [6, 6.07) is 12.3. The van der Waals surface area contributed by atoms with E-state index in [1.807, 2.05) is 38.1 Å². The number of likely N-dealkylation sites (tertiary alicyclic amines) is 1. The molecule has 0 radical (unpaired) electrons. The number of carbonyl (C=O) groups is 2. The number of halogens is 1. The van der Waals surface area contributed by atoms with Gasteiger partial charge in [0.05, 0.1) is 0 Å². The van der Waals surface area contributed by atoms with Crippen molar-refractivity contribution in [3.05, 3.63) is 65.8 Å². The van der Waals surface area contributed by atoms with Gasteiger partial charge < -0.3 is 14.6 Å². The predicted molar refractivity (Wildman–Crippen MR) is 115 cm³/mol. The Labute approximate surface area is 180 Å². The molecule has 1 saturated heterocycles. The van der Waals surface area contributed by atoms with Crippen LogP contribution in [0.3, 0.4) is 0 Å². The Morgan fingerprint density at radius 2 is 1.77 bits per heavy atom. The standard InChI is InChI=1S/C24H26FN3O3/c1-15(2)21(27-22(29)16-7-9-18(25)10-8-16)24(30)28-13-11-17(12-14-28)23-26-19-5-3-4-6-20(19)31-23/h3-10,15,17,21H,11-14H2,1-2H3,(H,27,29)/t21-/m0/s1. The molecular formula is C24H26FN3O3. The van der Waals surface area contributed by atoms with Crippen LogP contribution >= 0.6 is 0 Å². The molecule has 162 valence electrons. The molecule has 0 saturated carbocycles. The summed E-state index contributed by atoms with van der Waals surface area (Å²) >= 11 is 0. The van der Waals surface area contributed by atoms with Crippen molar-refractivity contribution in [1.29, 1.82) is 0 Å². The van der Waals surface area contributed by atoms with Crippen LogP contribution in [0.1, 0.15) is 48.9 Å². The highest BCUT2D eigenvalue weighted by Gasteiger charge is 2.33. The second kappa shape index (κ2) is 8.88. The number of oxazole rings is 1. The van der Waals surface area contributed by atoms with Crippen molar-refractivity contribution >= 4 is 22.9 Å². The molecule has 7 heteroatoms. The average molecular weight is 423 g/mol. The Bertz CT molecular complexity index is 1040. The summed E-state index contributed by atoms with van der Waals surface area (Å²) in [5, 5.41) is 2.83. The quantitative estimate of drug-likeness (QED) is 0.670. The number of benzene rings is 2. The highest BCUT2D eigenvalue weighted by molar-refractivity contribution is 5.97. The molecule has 0 spiro atoms. The molecule has 2 heterocycles. The van der Waals surface area contributed by atoms with Crippen LogP contribution in [0.5, 0.6) is 0 Å². The summed E-state index contributed by atoms with van der Waals surface area (Å²) in [6.07, 6.45) is 1.52. The van der Waals surface area contributed by atoms with Gasteiger partial charge in [-0.25, -0.2) is 9.37 Å². The van der Waals surface area contributed by atoms with Crippen LogP contribution in [-0.2, 0) is 4.79 Å². The van der Waals surface area contributed by atoms with Gasteiger partial charge in [-0.15, -0.1) is 0 Å². The van der Waals surface area contributed by atoms with Crippen molar-refractivity contribution in [1.82, 2.24) is 15.2 Å². The zero-order chi connectivity index (χ0) is 22.0. The van der Waals surface area contributed by atoms with E-state index in [-0.39, 0.29) is 23.7 Å². The highest BCUT2D eigenvalue weighted by atomic mass is 19.1. The summed E-state index contributed by atoms with van der Waals surface area (Å²) in [6.45, 7) is 4.97. The third-order valence-corrected chi connectivity index (χ3v) is 5.79. The van der Waals surface area contributed by atoms with Gasteiger partial charge >= 0.3 is 0 Å². The number of carbonyl (C=O) groups excluding carboxylic acids is 2. The largest absolute Gasteiger partial charge is 0.440 e. The van der Waals surface area contributed by atoms with Crippen LogP contribution in [0, 0.1) is 11.7 Å². The fourth-order valence-corrected chi connectivity index (χ4v) is 3.95. The van der Waals surface area contributed by atoms with E-state index in [1.165, 1.54) is 24.3 Å². The first-order valence-electron chi connectivity index (χ1n) is 10.6. The first-order valence-corrected chi connectivity index (χ1v) is 10.6. The first kappa shape index (κ1) is 21.0. The van der Waals surface area contributed by atoms with Gasteiger partial charge in [0.15, 0.2) is 11.5 Å². The zero-order valence-corrected chi connectivity index (χ0v) is 17.7. The van der Waals surface area contributed by atoms with E-state index in [9.17, 15) is 14.0 Å². The molecule has 1 N–H and O–H groups in total. The molecule has 1 atom stereocenters. The number of hydrogen-bond donors (Lipinski definition) is 1. The minimum atomic E-state index is -0.640. The third kappa shape index (κ3) is 4.60. The summed E-state index contributed by atoms with van der Waals surface area (Å²) in [5.74, 6) is -0.0718. The Morgan fingerprint density at radius 1 is 1.10 bits per heavy atom. The maximum absolute atomic E-state index is 13.2. The molecule has 1 aromatic heterocycles. The molecule has 0 unspecified atom stereocenters. The second-order valence-corrected chi connectivity index (χ2v) is 8.32. The molecule has 31 heavy (non-hydrogen) atoms. The molecule has 1 aliphatic heterocycles. The van der Waals surface area contributed by atoms with E-state index in [2.05, 4.69) is 10.3 Å². The molecule has 1 aliphatic rings. The number of piperidine rings is 1. The van der Waals surface area contributed by atoms with Gasteiger partial charge in [0.25, 0.3) is 5.91 Å². The van der Waals surface area contributed by atoms with Gasteiger partial charge in [0.1, 0.15) is 17.4 Å². The van der Waals surface area contributed by atoms with Crippen molar-refractivity contribution in [2.75, 3.05) is 13.1 Å². The topological polar surface area (TPSA) is 75.4 Å². The summed E-state index contributed by atoms with van der Waals surface area (Å²) in [4.78, 5) is 32.1. The number of nitrogens with zero attached hydrogens (tertiary/aromatic N) is 2. The van der Waals surface area contributed by atoms with E-state index in [1.54, 1.807) is 4.90 Å². The number of para-hydroxylation sites is 2. The van der Waals surface area contributed by atoms with Crippen LogP contribution < -0.4 is 5.32 Å². The van der Waals surface area contributed by atoms with Gasteiger partial charge in [-0.2, -0.15) is 0 Å². The van der Waals surface area contributed by atoms with Gasteiger partial charge in [0, 0.05) is 24.6 Å². The predicted octanol–water partition coefficient (Wildman–Crippen LogP) is 4.13. The summed E-state index contributed by atoms with van der Waals surface area (Å²) < 4.78 is 19.0.